The third-order valence-corrected chi connectivity index (χ3v) is 1.78. The molecule has 0 saturated heterocycles. The van der Waals surface area contributed by atoms with E-state index in [0.29, 0.717) is 5.56 Å². The van der Waals surface area contributed by atoms with E-state index in [4.69, 9.17) is 5.73 Å². The first-order valence-corrected chi connectivity index (χ1v) is 3.83. The quantitative estimate of drug-likeness (QED) is 0.748. The molecule has 0 bridgehead atoms. The maximum Gasteiger partial charge on any atom is 0.248 e. The van der Waals surface area contributed by atoms with Crippen LogP contribution in [0.5, 0.6) is 0 Å². The fourth-order valence-electron chi connectivity index (χ4n) is 0.642. The molecule has 0 radical (unpaired) electrons. The number of rotatable bonds is 1. The van der Waals surface area contributed by atoms with Crippen molar-refractivity contribution in [2.24, 2.45) is 5.73 Å². The third-order valence-electron chi connectivity index (χ3n) is 1.11. The van der Waals surface area contributed by atoms with Gasteiger partial charge in [0.15, 0.2) is 0 Å². The lowest BCUT2D eigenvalue weighted by Gasteiger charge is -1.93. The maximum absolute atomic E-state index is 10.6. The highest BCUT2D eigenvalue weighted by Gasteiger charge is 1.97. The van der Waals surface area contributed by atoms with E-state index in [9.17, 15) is 4.79 Å². The van der Waals surface area contributed by atoms with Crippen LogP contribution in [0.15, 0.2) is 24.3 Å². The minimum Gasteiger partial charge on any atom is -0.366 e. The van der Waals surface area contributed by atoms with Crippen molar-refractivity contribution in [1.29, 1.82) is 0 Å². The van der Waals surface area contributed by atoms with Gasteiger partial charge in [-0.3, -0.25) is 4.79 Å². The molecule has 0 aliphatic heterocycles. The molecule has 0 aliphatic rings. The molecule has 0 aliphatic carbocycles. The van der Waals surface area contributed by atoms with Crippen molar-refractivity contribution in [3.05, 3.63) is 33.4 Å². The summed E-state index contributed by atoms with van der Waals surface area (Å²) < 4.78 is 1.02. The summed E-state index contributed by atoms with van der Waals surface area (Å²) in [5.41, 5.74) is 5.60. The van der Waals surface area contributed by atoms with Crippen LogP contribution in [0, 0.1) is 3.57 Å². The van der Waals surface area contributed by atoms with Crippen LogP contribution in [-0.4, -0.2) is 5.91 Å². The first-order valence-electron chi connectivity index (χ1n) is 2.75. The van der Waals surface area contributed by atoms with E-state index in [0.717, 1.165) is 3.57 Å². The Bertz CT molecular complexity index is 260. The highest BCUT2D eigenvalue weighted by molar-refractivity contribution is 14.1. The number of nitrogens with two attached hydrogens (primary N) is 1. The molecule has 10 heavy (non-hydrogen) atoms. The summed E-state index contributed by atoms with van der Waals surface area (Å²) in [5.74, 6) is -0.376. The lowest BCUT2D eigenvalue weighted by molar-refractivity contribution is 0.100. The Morgan fingerprint density at radius 3 is 2.60 bits per heavy atom. The van der Waals surface area contributed by atoms with Gasteiger partial charge in [0, 0.05) is 9.13 Å². The molecule has 0 heterocycles. The molecule has 1 aromatic rings. The molecule has 1 amide bonds. The fourth-order valence-corrected chi connectivity index (χ4v) is 1.18. The summed E-state index contributed by atoms with van der Waals surface area (Å²) >= 11 is 2.13. The second kappa shape index (κ2) is 3.01. The van der Waals surface area contributed by atoms with Crippen LogP contribution in [0.1, 0.15) is 10.4 Å². The average Bonchev–Trinajstić information content (AvgIpc) is 1.88. The van der Waals surface area contributed by atoms with Crippen LogP contribution in [-0.2, 0) is 0 Å². The molecule has 0 fully saturated rings. The van der Waals surface area contributed by atoms with Crippen molar-refractivity contribution in [1.82, 2.24) is 0 Å². The van der Waals surface area contributed by atoms with Crippen LogP contribution in [0.3, 0.4) is 0 Å². The zero-order valence-electron chi connectivity index (χ0n) is 5.17. The Hall–Kier alpha value is -0.580. The van der Waals surface area contributed by atoms with Crippen molar-refractivity contribution < 1.29 is 4.79 Å². The number of primary amides is 1. The number of halogens is 1. The molecule has 0 spiro atoms. The Labute approximate surface area is 72.6 Å². The van der Waals surface area contributed by atoms with Gasteiger partial charge in [-0.1, -0.05) is 6.07 Å². The van der Waals surface area contributed by atoms with Crippen LogP contribution >= 0.6 is 22.6 Å². The van der Waals surface area contributed by atoms with Gasteiger partial charge >= 0.3 is 0 Å². The molecule has 0 aromatic heterocycles. The Balaban J connectivity index is 3.07. The SMILES string of the molecule is NC(=O)c1cccc(I)c1. The van der Waals surface area contributed by atoms with Crippen molar-refractivity contribution in [2.45, 2.75) is 0 Å². The summed E-state index contributed by atoms with van der Waals surface area (Å²) in [6.07, 6.45) is 0. The molecule has 1 aromatic carbocycles. The molecule has 0 atom stereocenters. The summed E-state index contributed by atoms with van der Waals surface area (Å²) in [5, 5.41) is 0. The molecular weight excluding hydrogens is 241 g/mol. The number of benzene rings is 1. The molecule has 1 rings (SSSR count). The minimum atomic E-state index is -0.376. The van der Waals surface area contributed by atoms with Crippen LogP contribution < -0.4 is 5.73 Å². The summed E-state index contributed by atoms with van der Waals surface area (Å²) in [6, 6.07) is 7.17. The second-order valence-electron chi connectivity index (χ2n) is 1.87. The van der Waals surface area contributed by atoms with Gasteiger partial charge in [-0.2, -0.15) is 0 Å². The number of hydrogen-bond donors (Lipinski definition) is 1. The van der Waals surface area contributed by atoms with E-state index < -0.39 is 0 Å². The van der Waals surface area contributed by atoms with Gasteiger partial charge in [0.25, 0.3) is 0 Å². The second-order valence-corrected chi connectivity index (χ2v) is 3.12. The summed E-state index contributed by atoms with van der Waals surface area (Å²) in [7, 11) is 0. The topological polar surface area (TPSA) is 43.1 Å². The standard InChI is InChI=1S/C7H6INO/c8-6-3-1-2-5(4-6)7(9)10/h1-4H,(H2,9,10). The van der Waals surface area contributed by atoms with Crippen molar-refractivity contribution in [3.63, 3.8) is 0 Å². The highest BCUT2D eigenvalue weighted by Crippen LogP contribution is 2.06. The number of carbonyl (C=O) groups is 1. The monoisotopic (exact) mass is 247 g/mol. The van der Waals surface area contributed by atoms with E-state index in [1.807, 2.05) is 12.1 Å². The zero-order chi connectivity index (χ0) is 7.56. The van der Waals surface area contributed by atoms with Gasteiger partial charge in [0.2, 0.25) is 5.91 Å². The zero-order valence-corrected chi connectivity index (χ0v) is 7.33. The maximum atomic E-state index is 10.6. The normalized spacial score (nSPS) is 9.30. The van der Waals surface area contributed by atoms with Crippen molar-refractivity contribution >= 4 is 28.5 Å². The van der Waals surface area contributed by atoms with Crippen molar-refractivity contribution in [2.75, 3.05) is 0 Å². The molecule has 52 valence electrons. The van der Waals surface area contributed by atoms with Gasteiger partial charge in [0.05, 0.1) is 0 Å². The lowest BCUT2D eigenvalue weighted by Crippen LogP contribution is -2.10. The predicted octanol–water partition coefficient (Wildman–Crippen LogP) is 1.39. The summed E-state index contributed by atoms with van der Waals surface area (Å²) in [6.45, 7) is 0. The average molecular weight is 247 g/mol. The van der Waals surface area contributed by atoms with Gasteiger partial charge in [-0.25, -0.2) is 0 Å². The number of hydrogen-bond acceptors (Lipinski definition) is 1. The highest BCUT2D eigenvalue weighted by atomic mass is 127. The largest absolute Gasteiger partial charge is 0.366 e. The minimum absolute atomic E-state index is 0.376. The van der Waals surface area contributed by atoms with E-state index in [2.05, 4.69) is 22.6 Å². The first-order chi connectivity index (χ1) is 4.70. The van der Waals surface area contributed by atoms with Gasteiger partial charge in [-0.05, 0) is 40.8 Å². The smallest absolute Gasteiger partial charge is 0.248 e. The van der Waals surface area contributed by atoms with Crippen LogP contribution in [0.4, 0.5) is 0 Å². The van der Waals surface area contributed by atoms with Gasteiger partial charge < -0.3 is 5.73 Å². The first kappa shape index (κ1) is 7.53. The Morgan fingerprint density at radius 2 is 2.20 bits per heavy atom. The van der Waals surface area contributed by atoms with E-state index in [1.54, 1.807) is 12.1 Å². The number of carbonyl (C=O) groups excluding carboxylic acids is 1. The number of amides is 1. The molecule has 2 N–H and O–H groups in total. The third kappa shape index (κ3) is 1.70. The lowest BCUT2D eigenvalue weighted by atomic mass is 10.2. The fraction of sp³-hybridized carbons (Fsp3) is 0. The Morgan fingerprint density at radius 1 is 1.50 bits per heavy atom. The van der Waals surface area contributed by atoms with Crippen LogP contribution in [0.2, 0.25) is 0 Å². The molecule has 0 saturated carbocycles. The van der Waals surface area contributed by atoms with E-state index in [1.165, 1.54) is 0 Å². The van der Waals surface area contributed by atoms with Gasteiger partial charge in [-0.15, -0.1) is 0 Å². The molecule has 2 nitrogen and oxygen atoms in total. The molecular formula is C7H6INO. The van der Waals surface area contributed by atoms with Gasteiger partial charge in [0.1, 0.15) is 0 Å². The molecule has 3 heteroatoms. The van der Waals surface area contributed by atoms with Crippen LogP contribution in [0.25, 0.3) is 0 Å². The predicted molar refractivity (Wildman–Crippen MR) is 47.7 cm³/mol. The van der Waals surface area contributed by atoms with Crippen molar-refractivity contribution in [3.8, 4) is 0 Å². The molecule has 0 unspecified atom stereocenters. The summed E-state index contributed by atoms with van der Waals surface area (Å²) in [4.78, 5) is 10.6. The van der Waals surface area contributed by atoms with E-state index in [-0.39, 0.29) is 5.91 Å². The van der Waals surface area contributed by atoms with E-state index >= 15 is 0 Å². The Kier molecular flexibility index (Phi) is 2.26.